The zero-order chi connectivity index (χ0) is 23.5. The van der Waals surface area contributed by atoms with Crippen molar-refractivity contribution in [3.05, 3.63) is 72.2 Å². The first kappa shape index (κ1) is 21.8. The number of anilines is 2. The number of hydrogen-bond donors (Lipinski definition) is 2. The van der Waals surface area contributed by atoms with Gasteiger partial charge in [0.15, 0.2) is 6.10 Å². The van der Waals surface area contributed by atoms with Gasteiger partial charge in [-0.2, -0.15) is 5.26 Å². The molecule has 0 spiro atoms. The average molecular weight is 461 g/mol. The van der Waals surface area contributed by atoms with Gasteiger partial charge in [0.25, 0.3) is 0 Å². The summed E-state index contributed by atoms with van der Waals surface area (Å²) < 4.78 is 30.8. The first-order chi connectivity index (χ1) is 16.6. The number of halogens is 1. The third-order valence-electron chi connectivity index (χ3n) is 5.59. The molecule has 2 N–H and O–H groups in total. The van der Waals surface area contributed by atoms with Crippen LogP contribution in [0, 0.1) is 17.1 Å². The second kappa shape index (κ2) is 9.43. The Kier molecular flexibility index (Phi) is 6.03. The average Bonchev–Trinajstić information content (AvgIpc) is 3.42. The Morgan fingerprint density at radius 1 is 1.12 bits per heavy atom. The summed E-state index contributed by atoms with van der Waals surface area (Å²) in [4.78, 5) is 21.1. The predicted octanol–water partition coefficient (Wildman–Crippen LogP) is 3.35. The summed E-state index contributed by atoms with van der Waals surface area (Å²) >= 11 is 0. The van der Waals surface area contributed by atoms with Crippen LogP contribution < -0.4 is 10.6 Å². The van der Waals surface area contributed by atoms with Crippen molar-refractivity contribution in [2.24, 2.45) is 0 Å². The molecule has 3 heterocycles. The smallest absolute Gasteiger partial charge is 0.412 e. The van der Waals surface area contributed by atoms with Gasteiger partial charge in [-0.25, -0.2) is 19.2 Å². The van der Waals surface area contributed by atoms with Crippen LogP contribution in [0.4, 0.5) is 20.8 Å². The van der Waals surface area contributed by atoms with Gasteiger partial charge in [-0.3, -0.25) is 5.32 Å². The number of amides is 1. The second-order valence-corrected chi connectivity index (χ2v) is 7.88. The number of carbonyl (C=O) groups is 1. The van der Waals surface area contributed by atoms with Crippen molar-refractivity contribution in [3.63, 3.8) is 0 Å². The van der Waals surface area contributed by atoms with Crippen molar-refractivity contribution in [2.45, 2.75) is 24.4 Å². The number of fused-ring (bicyclic) bond motifs is 1. The molecule has 3 aromatic rings. The fourth-order valence-corrected chi connectivity index (χ4v) is 4.04. The molecule has 1 aromatic heterocycles. The van der Waals surface area contributed by atoms with E-state index in [0.29, 0.717) is 35.1 Å². The number of nitrogens with one attached hydrogen (secondary N) is 2. The second-order valence-electron chi connectivity index (χ2n) is 7.88. The molecule has 10 heteroatoms. The van der Waals surface area contributed by atoms with E-state index in [0.717, 1.165) is 0 Å². The molecule has 34 heavy (non-hydrogen) atoms. The molecule has 2 aromatic carbocycles. The van der Waals surface area contributed by atoms with E-state index in [4.69, 9.17) is 19.5 Å². The van der Waals surface area contributed by atoms with Gasteiger partial charge in [0, 0.05) is 17.4 Å². The first-order valence-corrected chi connectivity index (χ1v) is 10.7. The van der Waals surface area contributed by atoms with E-state index < -0.39 is 18.3 Å². The van der Waals surface area contributed by atoms with Crippen LogP contribution in [0.25, 0.3) is 11.3 Å². The van der Waals surface area contributed by atoms with Crippen molar-refractivity contribution in [2.75, 3.05) is 23.8 Å². The van der Waals surface area contributed by atoms with E-state index in [9.17, 15) is 9.18 Å². The van der Waals surface area contributed by atoms with Crippen LogP contribution in [-0.2, 0) is 14.2 Å². The predicted molar refractivity (Wildman–Crippen MR) is 119 cm³/mol. The maximum Gasteiger partial charge on any atom is 0.412 e. The summed E-state index contributed by atoms with van der Waals surface area (Å²) in [5.41, 5.74) is 2.11. The zero-order valence-corrected chi connectivity index (χ0v) is 17.8. The molecule has 9 nitrogen and oxygen atoms in total. The third-order valence-corrected chi connectivity index (χ3v) is 5.59. The summed E-state index contributed by atoms with van der Waals surface area (Å²) in [5, 5.41) is 14.8. The third kappa shape index (κ3) is 4.66. The van der Waals surface area contributed by atoms with Crippen molar-refractivity contribution >= 4 is 17.7 Å². The molecule has 0 bridgehead atoms. The van der Waals surface area contributed by atoms with Gasteiger partial charge in [-0.15, -0.1) is 0 Å². The summed E-state index contributed by atoms with van der Waals surface area (Å²) in [6, 6.07) is 16.2. The Hall–Kier alpha value is -4.07. The molecular weight excluding hydrogens is 441 g/mol. The lowest BCUT2D eigenvalue weighted by molar-refractivity contribution is 0.00917. The maximum absolute atomic E-state index is 13.6. The highest BCUT2D eigenvalue weighted by Gasteiger charge is 2.49. The lowest BCUT2D eigenvalue weighted by Gasteiger charge is -2.18. The van der Waals surface area contributed by atoms with Crippen molar-refractivity contribution < 1.29 is 23.4 Å². The van der Waals surface area contributed by atoms with E-state index in [-0.39, 0.29) is 24.6 Å². The van der Waals surface area contributed by atoms with Crippen LogP contribution in [0.15, 0.2) is 60.8 Å². The Balaban J connectivity index is 1.20. The van der Waals surface area contributed by atoms with Gasteiger partial charge in [0.2, 0.25) is 5.95 Å². The Labute approximate surface area is 194 Å². The fourth-order valence-electron chi connectivity index (χ4n) is 4.04. The molecular formula is C24H20FN5O4. The Bertz CT molecular complexity index is 1250. The SMILES string of the molecule is N#Cc1cccc(NC(=O)O[C@@H]2CO[C@H]3[C@@H]2OC[C@@H]3Nc2nccc(-c3cccc(F)c3)n2)c1. The van der Waals surface area contributed by atoms with Crippen LogP contribution in [-0.4, -0.2) is 53.6 Å². The van der Waals surface area contributed by atoms with E-state index in [1.165, 1.54) is 12.1 Å². The molecule has 2 fully saturated rings. The highest BCUT2D eigenvalue weighted by molar-refractivity contribution is 5.85. The number of rotatable bonds is 5. The van der Waals surface area contributed by atoms with Gasteiger partial charge in [-0.1, -0.05) is 18.2 Å². The molecule has 4 atom stereocenters. The minimum Gasteiger partial charge on any atom is -0.441 e. The number of hydrogen-bond acceptors (Lipinski definition) is 8. The molecule has 5 rings (SSSR count). The fraction of sp³-hybridized carbons (Fsp3) is 0.250. The Morgan fingerprint density at radius 2 is 1.97 bits per heavy atom. The highest BCUT2D eigenvalue weighted by Crippen LogP contribution is 2.31. The lowest BCUT2D eigenvalue weighted by Crippen LogP contribution is -2.38. The van der Waals surface area contributed by atoms with Gasteiger partial charge in [0.05, 0.1) is 36.6 Å². The Morgan fingerprint density at radius 3 is 2.82 bits per heavy atom. The summed E-state index contributed by atoms with van der Waals surface area (Å²) in [6.07, 6.45) is -0.456. The van der Waals surface area contributed by atoms with Gasteiger partial charge >= 0.3 is 6.09 Å². The standard InChI is InChI=1S/C24H20FN5O4/c25-16-5-2-4-15(10-16)18-7-8-27-23(29-18)30-19-12-32-22-20(13-33-21(19)22)34-24(31)28-17-6-1-3-14(9-17)11-26/h1-10,19-22H,12-13H2,(H,28,31)(H,27,29,30)/t19-,20+,21+,22+/m0/s1. The molecule has 2 saturated heterocycles. The minimum absolute atomic E-state index is 0.184. The van der Waals surface area contributed by atoms with Crippen LogP contribution >= 0.6 is 0 Å². The van der Waals surface area contributed by atoms with Crippen LogP contribution in [0.5, 0.6) is 0 Å². The lowest BCUT2D eigenvalue weighted by atomic mass is 10.1. The quantitative estimate of drug-likeness (QED) is 0.594. The molecule has 2 aliphatic heterocycles. The number of nitriles is 1. The van der Waals surface area contributed by atoms with E-state index in [1.807, 2.05) is 6.07 Å². The molecule has 0 radical (unpaired) electrons. The summed E-state index contributed by atoms with van der Waals surface area (Å²) in [7, 11) is 0. The number of ether oxygens (including phenoxy) is 3. The monoisotopic (exact) mass is 461 g/mol. The van der Waals surface area contributed by atoms with Gasteiger partial charge < -0.3 is 19.5 Å². The zero-order valence-electron chi connectivity index (χ0n) is 17.8. The van der Waals surface area contributed by atoms with Crippen LogP contribution in [0.3, 0.4) is 0 Å². The van der Waals surface area contributed by atoms with Crippen molar-refractivity contribution in [1.82, 2.24) is 9.97 Å². The van der Waals surface area contributed by atoms with Crippen molar-refractivity contribution in [1.29, 1.82) is 5.26 Å². The normalized spacial score (nSPS) is 23.1. The minimum atomic E-state index is -0.657. The number of carbonyl (C=O) groups excluding carboxylic acids is 1. The van der Waals surface area contributed by atoms with Crippen LogP contribution in [0.1, 0.15) is 5.56 Å². The molecule has 2 aliphatic rings. The number of aromatic nitrogens is 2. The largest absolute Gasteiger partial charge is 0.441 e. The van der Waals surface area contributed by atoms with Crippen LogP contribution in [0.2, 0.25) is 0 Å². The molecule has 1 amide bonds. The highest BCUT2D eigenvalue weighted by atomic mass is 19.1. The maximum atomic E-state index is 13.6. The van der Waals surface area contributed by atoms with Crippen molar-refractivity contribution in [3.8, 4) is 17.3 Å². The number of nitrogens with zero attached hydrogens (tertiary/aromatic N) is 3. The molecule has 172 valence electrons. The first-order valence-electron chi connectivity index (χ1n) is 10.7. The topological polar surface area (TPSA) is 118 Å². The summed E-state index contributed by atoms with van der Waals surface area (Å²) in [5.74, 6) is 0.0176. The molecule has 0 saturated carbocycles. The van der Waals surface area contributed by atoms with E-state index in [2.05, 4.69) is 20.6 Å². The summed E-state index contributed by atoms with van der Waals surface area (Å²) in [6.45, 7) is 0.498. The molecule has 0 aliphatic carbocycles. The number of benzene rings is 2. The van der Waals surface area contributed by atoms with Gasteiger partial charge in [-0.05, 0) is 36.4 Å². The van der Waals surface area contributed by atoms with Gasteiger partial charge in [0.1, 0.15) is 18.0 Å². The van der Waals surface area contributed by atoms with E-state index in [1.54, 1.807) is 48.7 Å². The molecule has 0 unspecified atom stereocenters. The van der Waals surface area contributed by atoms with E-state index >= 15 is 0 Å².